The van der Waals surface area contributed by atoms with Crippen LogP contribution in [0.15, 0.2) is 30.3 Å². The molecule has 162 valence electrons. The topological polar surface area (TPSA) is 84.9 Å². The molecule has 1 aromatic rings. The van der Waals surface area contributed by atoms with Gasteiger partial charge in [-0.2, -0.15) is 0 Å². The number of benzene rings is 1. The summed E-state index contributed by atoms with van der Waals surface area (Å²) in [6.07, 6.45) is 3.79. The van der Waals surface area contributed by atoms with Gasteiger partial charge >= 0.3 is 6.09 Å². The van der Waals surface area contributed by atoms with E-state index in [0.717, 1.165) is 25.7 Å². The van der Waals surface area contributed by atoms with Crippen LogP contribution in [0.5, 0.6) is 0 Å². The van der Waals surface area contributed by atoms with Crippen molar-refractivity contribution < 1.29 is 27.1 Å². The van der Waals surface area contributed by atoms with Crippen LogP contribution in [0, 0.1) is 0 Å². The number of sulfonamides is 1. The Morgan fingerprint density at radius 2 is 1.86 bits per heavy atom. The van der Waals surface area contributed by atoms with Crippen LogP contribution in [0.1, 0.15) is 43.6 Å². The lowest BCUT2D eigenvalue weighted by Crippen LogP contribution is -2.49. The Labute approximate surface area is 171 Å². The van der Waals surface area contributed by atoms with Gasteiger partial charge in [0.25, 0.3) is 0 Å². The standard InChI is InChI=1S/C20H29FN2O5S/c1-27-20(24)23-12-11-18(22-29(25,26)14-21)19(23)13-28-17-9-7-16(8-10-17)15-5-3-2-4-6-15/h2-6,16-19,22H,7-14H2,1H3/t16-,17+,18-,19-/m0/s1. The average molecular weight is 429 g/mol. The minimum atomic E-state index is -4.02. The number of alkyl halides is 1. The van der Waals surface area contributed by atoms with Crippen molar-refractivity contribution in [2.45, 2.75) is 56.2 Å². The van der Waals surface area contributed by atoms with Gasteiger partial charge in [0.15, 0.2) is 0 Å². The number of carbonyl (C=O) groups is 1. The maximum Gasteiger partial charge on any atom is 0.409 e. The summed E-state index contributed by atoms with van der Waals surface area (Å²) in [6.45, 7) is 0.524. The van der Waals surface area contributed by atoms with Crippen LogP contribution in [0.3, 0.4) is 0 Å². The molecule has 2 atom stereocenters. The van der Waals surface area contributed by atoms with Crippen LogP contribution in [0.25, 0.3) is 0 Å². The highest BCUT2D eigenvalue weighted by molar-refractivity contribution is 7.89. The second-order valence-electron chi connectivity index (χ2n) is 7.69. The second-order valence-corrected chi connectivity index (χ2v) is 9.37. The van der Waals surface area contributed by atoms with Crippen molar-refractivity contribution in [2.24, 2.45) is 0 Å². The number of hydrogen-bond donors (Lipinski definition) is 1. The van der Waals surface area contributed by atoms with Gasteiger partial charge in [0.2, 0.25) is 16.0 Å². The SMILES string of the molecule is COC(=O)N1CC[C@H](NS(=O)(=O)CF)[C@@H]1CO[C@H]1CC[C@@H](c2ccccc2)CC1. The first-order chi connectivity index (χ1) is 13.9. The van der Waals surface area contributed by atoms with Crippen molar-refractivity contribution >= 4 is 16.1 Å². The molecule has 7 nitrogen and oxygen atoms in total. The van der Waals surface area contributed by atoms with E-state index in [-0.39, 0.29) is 12.7 Å². The molecular weight excluding hydrogens is 399 g/mol. The number of ether oxygens (including phenoxy) is 2. The van der Waals surface area contributed by atoms with Crippen molar-refractivity contribution in [1.82, 2.24) is 9.62 Å². The third-order valence-electron chi connectivity index (χ3n) is 5.88. The molecule has 0 spiro atoms. The summed E-state index contributed by atoms with van der Waals surface area (Å²) in [5, 5.41) is 0. The van der Waals surface area contributed by atoms with Crippen LogP contribution >= 0.6 is 0 Å². The van der Waals surface area contributed by atoms with Gasteiger partial charge in [0, 0.05) is 12.6 Å². The molecule has 1 saturated carbocycles. The average Bonchev–Trinajstić information content (AvgIpc) is 3.14. The van der Waals surface area contributed by atoms with E-state index < -0.39 is 34.2 Å². The molecule has 1 saturated heterocycles. The van der Waals surface area contributed by atoms with Crippen LogP contribution in [-0.4, -0.2) is 63.9 Å². The Bertz CT molecular complexity index is 768. The molecule has 2 aliphatic rings. The summed E-state index contributed by atoms with van der Waals surface area (Å²) < 4.78 is 49.3. The molecule has 9 heteroatoms. The van der Waals surface area contributed by atoms with E-state index in [0.29, 0.717) is 18.9 Å². The van der Waals surface area contributed by atoms with Gasteiger partial charge in [-0.25, -0.2) is 22.3 Å². The van der Waals surface area contributed by atoms with Crippen LogP contribution in [0.4, 0.5) is 9.18 Å². The maximum atomic E-state index is 12.7. The zero-order chi connectivity index (χ0) is 20.9. The Morgan fingerprint density at radius 1 is 1.17 bits per heavy atom. The summed E-state index contributed by atoms with van der Waals surface area (Å²) in [6, 6.07) is 7.83. The molecule has 0 aromatic heterocycles. The summed E-state index contributed by atoms with van der Waals surface area (Å²) in [5.41, 5.74) is 1.35. The number of nitrogens with zero attached hydrogens (tertiary/aromatic N) is 1. The number of carbonyl (C=O) groups excluding carboxylic acids is 1. The van der Waals surface area contributed by atoms with E-state index in [2.05, 4.69) is 29.0 Å². The van der Waals surface area contributed by atoms with Crippen molar-refractivity contribution in [3.8, 4) is 0 Å². The lowest BCUT2D eigenvalue weighted by molar-refractivity contribution is -0.00536. The molecule has 1 heterocycles. The second kappa shape index (κ2) is 9.86. The fourth-order valence-corrected chi connectivity index (χ4v) is 5.13. The predicted molar refractivity (Wildman–Crippen MR) is 107 cm³/mol. The summed E-state index contributed by atoms with van der Waals surface area (Å²) in [5.74, 6) is 0.526. The third-order valence-corrected chi connectivity index (χ3v) is 6.83. The number of nitrogens with one attached hydrogen (secondary N) is 1. The number of methoxy groups -OCH3 is 1. The first kappa shape index (κ1) is 22.0. The monoisotopic (exact) mass is 428 g/mol. The van der Waals surface area contributed by atoms with Crippen LogP contribution in [0.2, 0.25) is 0 Å². The molecule has 0 unspecified atom stereocenters. The largest absolute Gasteiger partial charge is 0.453 e. The Hall–Kier alpha value is -1.71. The number of amides is 1. The fourth-order valence-electron chi connectivity index (χ4n) is 4.33. The van der Waals surface area contributed by atoms with Gasteiger partial charge in [-0.3, -0.25) is 0 Å². The van der Waals surface area contributed by atoms with Gasteiger partial charge in [-0.15, -0.1) is 0 Å². The van der Waals surface area contributed by atoms with Gasteiger partial charge in [-0.1, -0.05) is 30.3 Å². The zero-order valence-corrected chi connectivity index (χ0v) is 17.4. The van der Waals surface area contributed by atoms with Crippen molar-refractivity contribution in [3.05, 3.63) is 35.9 Å². The molecule has 1 amide bonds. The van der Waals surface area contributed by atoms with Crippen LogP contribution < -0.4 is 4.72 Å². The van der Waals surface area contributed by atoms with Crippen molar-refractivity contribution in [3.63, 3.8) is 0 Å². The molecule has 1 aromatic carbocycles. The molecule has 1 aliphatic carbocycles. The Morgan fingerprint density at radius 3 is 2.48 bits per heavy atom. The summed E-state index contributed by atoms with van der Waals surface area (Å²) in [4.78, 5) is 13.5. The Balaban J connectivity index is 1.56. The molecule has 1 aliphatic heterocycles. The molecule has 0 radical (unpaired) electrons. The van der Waals surface area contributed by atoms with E-state index in [1.54, 1.807) is 0 Å². The maximum absolute atomic E-state index is 12.7. The normalized spacial score (nSPS) is 27.7. The van der Waals surface area contributed by atoms with Crippen molar-refractivity contribution in [2.75, 3.05) is 26.3 Å². The number of halogens is 1. The highest BCUT2D eigenvalue weighted by Gasteiger charge is 2.40. The summed E-state index contributed by atoms with van der Waals surface area (Å²) in [7, 11) is -2.74. The lowest BCUT2D eigenvalue weighted by Gasteiger charge is -2.32. The fraction of sp³-hybridized carbons (Fsp3) is 0.650. The van der Waals surface area contributed by atoms with Gasteiger partial charge < -0.3 is 14.4 Å². The van der Waals surface area contributed by atoms with E-state index >= 15 is 0 Å². The molecule has 1 N–H and O–H groups in total. The number of rotatable bonds is 7. The highest BCUT2D eigenvalue weighted by atomic mass is 32.2. The van der Waals surface area contributed by atoms with E-state index in [1.807, 2.05) is 6.07 Å². The van der Waals surface area contributed by atoms with Crippen molar-refractivity contribution in [1.29, 1.82) is 0 Å². The van der Waals surface area contributed by atoms with E-state index in [1.165, 1.54) is 17.6 Å². The minimum Gasteiger partial charge on any atom is -0.453 e. The lowest BCUT2D eigenvalue weighted by atomic mass is 9.83. The molecule has 3 rings (SSSR count). The predicted octanol–water partition coefficient (Wildman–Crippen LogP) is 2.79. The van der Waals surface area contributed by atoms with Gasteiger partial charge in [-0.05, 0) is 43.6 Å². The van der Waals surface area contributed by atoms with Gasteiger partial charge in [0.1, 0.15) is 0 Å². The van der Waals surface area contributed by atoms with E-state index in [9.17, 15) is 17.6 Å². The summed E-state index contributed by atoms with van der Waals surface area (Å²) >= 11 is 0. The Kier molecular flexibility index (Phi) is 7.48. The van der Waals surface area contributed by atoms with Gasteiger partial charge in [0.05, 0.1) is 25.9 Å². The van der Waals surface area contributed by atoms with E-state index in [4.69, 9.17) is 9.47 Å². The molecule has 0 bridgehead atoms. The minimum absolute atomic E-state index is 0.0634. The zero-order valence-electron chi connectivity index (χ0n) is 16.6. The quantitative estimate of drug-likeness (QED) is 0.722. The number of hydrogen-bond acceptors (Lipinski definition) is 5. The molecule has 29 heavy (non-hydrogen) atoms. The highest BCUT2D eigenvalue weighted by Crippen LogP contribution is 2.34. The molecule has 2 fully saturated rings. The first-order valence-corrected chi connectivity index (χ1v) is 11.7. The first-order valence-electron chi connectivity index (χ1n) is 10.0. The third kappa shape index (κ3) is 5.67. The van der Waals surface area contributed by atoms with Crippen LogP contribution in [-0.2, 0) is 19.5 Å². The number of likely N-dealkylation sites (tertiary alicyclic amines) is 1. The smallest absolute Gasteiger partial charge is 0.409 e. The molecular formula is C20H29FN2O5S.